The van der Waals surface area contributed by atoms with Crippen molar-refractivity contribution in [2.75, 3.05) is 4.72 Å². The molecule has 4 aromatic rings. The number of aryl methyl sites for hydroxylation is 1. The van der Waals surface area contributed by atoms with Crippen LogP contribution < -0.4 is 4.72 Å². The molecule has 1 N–H and O–H groups in total. The standard InChI is InChI=1S/C19H16N4O2S/c1-14-11-19-21-10-8-18(23(19)13-14)22-26(24,25)17-6-4-15(5-7-17)16-3-2-9-20-12-16/h2-13,22H,1H3. The third kappa shape index (κ3) is 3.04. The first-order valence-electron chi connectivity index (χ1n) is 8.00. The molecule has 3 aromatic heterocycles. The van der Waals surface area contributed by atoms with Crippen LogP contribution in [0.5, 0.6) is 0 Å². The minimum Gasteiger partial charge on any atom is -0.287 e. The van der Waals surface area contributed by atoms with Crippen LogP contribution in [0, 0.1) is 6.92 Å². The Balaban J connectivity index is 1.66. The average molecular weight is 364 g/mol. The van der Waals surface area contributed by atoms with Crippen LogP contribution in [0.25, 0.3) is 16.8 Å². The molecule has 0 saturated heterocycles. The van der Waals surface area contributed by atoms with Crippen molar-refractivity contribution >= 4 is 21.5 Å². The van der Waals surface area contributed by atoms with Crippen LogP contribution in [-0.2, 0) is 10.0 Å². The summed E-state index contributed by atoms with van der Waals surface area (Å²) in [5, 5.41) is 0. The molecule has 0 aliphatic rings. The minimum atomic E-state index is -3.71. The summed E-state index contributed by atoms with van der Waals surface area (Å²) in [6.07, 6.45) is 6.86. The topological polar surface area (TPSA) is 76.4 Å². The number of nitrogens with zero attached hydrogens (tertiary/aromatic N) is 3. The van der Waals surface area contributed by atoms with E-state index in [0.717, 1.165) is 16.7 Å². The molecule has 130 valence electrons. The van der Waals surface area contributed by atoms with Gasteiger partial charge >= 0.3 is 0 Å². The van der Waals surface area contributed by atoms with Crippen molar-refractivity contribution in [3.8, 4) is 11.1 Å². The van der Waals surface area contributed by atoms with Gasteiger partial charge in [0.1, 0.15) is 11.5 Å². The maximum absolute atomic E-state index is 12.7. The zero-order valence-corrected chi connectivity index (χ0v) is 14.8. The Morgan fingerprint density at radius 1 is 1.00 bits per heavy atom. The van der Waals surface area contributed by atoms with Gasteiger partial charge in [-0.25, -0.2) is 13.4 Å². The first-order chi connectivity index (χ1) is 12.5. The molecule has 0 atom stereocenters. The Morgan fingerprint density at radius 2 is 1.81 bits per heavy atom. The van der Waals surface area contributed by atoms with Crippen LogP contribution in [0.2, 0.25) is 0 Å². The van der Waals surface area contributed by atoms with Gasteiger partial charge in [-0.3, -0.25) is 14.1 Å². The molecule has 1 aromatic carbocycles. The molecule has 0 radical (unpaired) electrons. The van der Waals surface area contributed by atoms with E-state index < -0.39 is 10.0 Å². The molecule has 0 amide bonds. The quantitative estimate of drug-likeness (QED) is 0.601. The van der Waals surface area contributed by atoms with E-state index in [9.17, 15) is 8.42 Å². The van der Waals surface area contributed by atoms with Crippen molar-refractivity contribution in [1.29, 1.82) is 0 Å². The maximum Gasteiger partial charge on any atom is 0.263 e. The van der Waals surface area contributed by atoms with Gasteiger partial charge in [0.25, 0.3) is 10.0 Å². The molecule has 0 unspecified atom stereocenters. The monoisotopic (exact) mass is 364 g/mol. The van der Waals surface area contributed by atoms with E-state index >= 15 is 0 Å². The van der Waals surface area contributed by atoms with Gasteiger partial charge in [-0.1, -0.05) is 18.2 Å². The van der Waals surface area contributed by atoms with Crippen LogP contribution in [0.1, 0.15) is 5.56 Å². The number of nitrogens with one attached hydrogen (secondary N) is 1. The summed E-state index contributed by atoms with van der Waals surface area (Å²) in [4.78, 5) is 8.51. The number of pyridine rings is 1. The van der Waals surface area contributed by atoms with Crippen molar-refractivity contribution in [2.24, 2.45) is 0 Å². The summed E-state index contributed by atoms with van der Waals surface area (Å²) in [7, 11) is -3.71. The van der Waals surface area contributed by atoms with Crippen molar-refractivity contribution in [3.63, 3.8) is 0 Å². The fourth-order valence-electron chi connectivity index (χ4n) is 2.78. The number of anilines is 1. The molecule has 6 nitrogen and oxygen atoms in total. The molecule has 0 saturated carbocycles. The van der Waals surface area contributed by atoms with Crippen molar-refractivity contribution in [3.05, 3.63) is 78.9 Å². The number of benzene rings is 1. The molecule has 0 aliphatic carbocycles. The summed E-state index contributed by atoms with van der Waals surface area (Å²) >= 11 is 0. The highest BCUT2D eigenvalue weighted by atomic mass is 32.2. The lowest BCUT2D eigenvalue weighted by Gasteiger charge is -2.10. The molecule has 7 heteroatoms. The number of rotatable bonds is 4. The highest BCUT2D eigenvalue weighted by Gasteiger charge is 2.16. The molecule has 4 rings (SSSR count). The molecular weight excluding hydrogens is 348 g/mol. The Labute approximate surface area is 151 Å². The molecular formula is C19H16N4O2S. The Morgan fingerprint density at radius 3 is 2.54 bits per heavy atom. The van der Waals surface area contributed by atoms with Gasteiger partial charge in [0, 0.05) is 24.8 Å². The second-order valence-electron chi connectivity index (χ2n) is 5.95. The second kappa shape index (κ2) is 6.27. The van der Waals surface area contributed by atoms with Gasteiger partial charge in [0.05, 0.1) is 4.90 Å². The number of fused-ring (bicyclic) bond motifs is 1. The third-order valence-electron chi connectivity index (χ3n) is 4.03. The summed E-state index contributed by atoms with van der Waals surface area (Å²) < 4.78 is 29.8. The van der Waals surface area contributed by atoms with Crippen molar-refractivity contribution in [1.82, 2.24) is 14.4 Å². The highest BCUT2D eigenvalue weighted by Crippen LogP contribution is 2.22. The fourth-order valence-corrected chi connectivity index (χ4v) is 3.83. The second-order valence-corrected chi connectivity index (χ2v) is 7.63. The van der Waals surface area contributed by atoms with E-state index in [1.165, 1.54) is 0 Å². The van der Waals surface area contributed by atoms with Crippen molar-refractivity contribution < 1.29 is 8.42 Å². The van der Waals surface area contributed by atoms with Gasteiger partial charge < -0.3 is 0 Å². The van der Waals surface area contributed by atoms with Gasteiger partial charge in [-0.2, -0.15) is 0 Å². The van der Waals surface area contributed by atoms with E-state index in [2.05, 4.69) is 14.7 Å². The lowest BCUT2D eigenvalue weighted by molar-refractivity contribution is 0.601. The number of aromatic nitrogens is 3. The van der Waals surface area contributed by atoms with Gasteiger partial charge in [-0.15, -0.1) is 0 Å². The Hall–Kier alpha value is -3.19. The van der Waals surface area contributed by atoms with E-state index in [1.54, 1.807) is 53.3 Å². The Kier molecular flexibility index (Phi) is 3.93. The first-order valence-corrected chi connectivity index (χ1v) is 9.48. The van der Waals surface area contributed by atoms with E-state index in [0.29, 0.717) is 11.5 Å². The number of sulfonamides is 1. The molecule has 0 fully saturated rings. The predicted molar refractivity (Wildman–Crippen MR) is 100 cm³/mol. The number of hydrogen-bond acceptors (Lipinski definition) is 4. The summed E-state index contributed by atoms with van der Waals surface area (Å²) in [5.41, 5.74) is 3.53. The molecule has 26 heavy (non-hydrogen) atoms. The van der Waals surface area contributed by atoms with Gasteiger partial charge in [-0.05, 0) is 53.9 Å². The fraction of sp³-hybridized carbons (Fsp3) is 0.0526. The van der Waals surface area contributed by atoms with Crippen LogP contribution in [0.4, 0.5) is 5.82 Å². The van der Waals surface area contributed by atoms with Crippen LogP contribution in [0.15, 0.2) is 78.2 Å². The predicted octanol–water partition coefficient (Wildman–Crippen LogP) is 3.51. The van der Waals surface area contributed by atoms with E-state index in [4.69, 9.17) is 0 Å². The van der Waals surface area contributed by atoms with Gasteiger partial charge in [0.15, 0.2) is 0 Å². The normalized spacial score (nSPS) is 11.6. The van der Waals surface area contributed by atoms with Crippen molar-refractivity contribution in [2.45, 2.75) is 11.8 Å². The first kappa shape index (κ1) is 16.3. The molecule has 0 bridgehead atoms. The summed E-state index contributed by atoms with van der Waals surface area (Å²) in [6, 6.07) is 14.0. The largest absolute Gasteiger partial charge is 0.287 e. The Bertz CT molecular complexity index is 1170. The molecule has 3 heterocycles. The minimum absolute atomic E-state index is 0.194. The molecule has 0 spiro atoms. The SMILES string of the molecule is Cc1cc2nccc(NS(=O)(=O)c3ccc(-c4cccnc4)cc3)n2c1. The van der Waals surface area contributed by atoms with Gasteiger partial charge in [0.2, 0.25) is 0 Å². The maximum atomic E-state index is 12.7. The van der Waals surface area contributed by atoms with Crippen LogP contribution in [0.3, 0.4) is 0 Å². The zero-order valence-electron chi connectivity index (χ0n) is 14.0. The average Bonchev–Trinajstić information content (AvgIpc) is 3.04. The molecule has 0 aliphatic heterocycles. The third-order valence-corrected chi connectivity index (χ3v) is 5.40. The van der Waals surface area contributed by atoms with E-state index in [1.807, 2.05) is 31.3 Å². The lowest BCUT2D eigenvalue weighted by Crippen LogP contribution is -2.15. The van der Waals surface area contributed by atoms with Crippen LogP contribution >= 0.6 is 0 Å². The van der Waals surface area contributed by atoms with Crippen LogP contribution in [-0.4, -0.2) is 22.8 Å². The smallest absolute Gasteiger partial charge is 0.263 e. The summed E-state index contributed by atoms with van der Waals surface area (Å²) in [5.74, 6) is 0.444. The van der Waals surface area contributed by atoms with E-state index in [-0.39, 0.29) is 4.90 Å². The lowest BCUT2D eigenvalue weighted by atomic mass is 10.1. The zero-order chi connectivity index (χ0) is 18.1. The number of hydrogen-bond donors (Lipinski definition) is 1. The highest BCUT2D eigenvalue weighted by molar-refractivity contribution is 7.92. The summed E-state index contributed by atoms with van der Waals surface area (Å²) in [6.45, 7) is 1.93.